The summed E-state index contributed by atoms with van der Waals surface area (Å²) in [7, 11) is 0. The number of carbonyl (C=O) groups excluding carboxylic acids is 1. The number of Topliss-reactive ketones (excluding diaryl/α,β-unsaturated/α-hetero) is 1. The van der Waals surface area contributed by atoms with E-state index in [9.17, 15) is 9.18 Å². The molecule has 3 nitrogen and oxygen atoms in total. The van der Waals surface area contributed by atoms with Crippen molar-refractivity contribution in [2.75, 3.05) is 6.61 Å². The maximum Gasteiger partial charge on any atom is 0.232 e. The van der Waals surface area contributed by atoms with Gasteiger partial charge >= 0.3 is 0 Å². The summed E-state index contributed by atoms with van der Waals surface area (Å²) in [5.74, 6) is 0.551. The first-order valence-corrected chi connectivity index (χ1v) is 8.05. The lowest BCUT2D eigenvalue weighted by Gasteiger charge is -2.07. The van der Waals surface area contributed by atoms with Crippen LogP contribution in [0.5, 0.6) is 11.5 Å². The van der Waals surface area contributed by atoms with Crippen LogP contribution in [0.25, 0.3) is 6.08 Å². The second-order valence-corrected chi connectivity index (χ2v) is 6.17. The fourth-order valence-electron chi connectivity index (χ4n) is 2.60. The third-order valence-corrected chi connectivity index (χ3v) is 3.88. The summed E-state index contributed by atoms with van der Waals surface area (Å²) >= 11 is 0. The largest absolute Gasteiger partial charge is 0.489 e. The molecule has 0 N–H and O–H groups in total. The summed E-state index contributed by atoms with van der Waals surface area (Å²) in [6, 6.07) is 9.76. The number of aryl methyl sites for hydroxylation is 1. The molecule has 0 saturated carbocycles. The standard InChI is InChI=1S/C21H19FO3/c1-13(2)8-9-24-16-10-14(3)20-18(12-16)25-19(21(20)23)11-15-6-4-5-7-17(15)22/h4-8,10-12H,9H2,1-3H3/b19-11-. The van der Waals surface area contributed by atoms with Gasteiger partial charge in [0.15, 0.2) is 5.76 Å². The van der Waals surface area contributed by atoms with Crippen molar-refractivity contribution >= 4 is 11.9 Å². The Labute approximate surface area is 146 Å². The quantitative estimate of drug-likeness (QED) is 0.575. The van der Waals surface area contributed by atoms with Crippen LogP contribution < -0.4 is 9.47 Å². The van der Waals surface area contributed by atoms with E-state index >= 15 is 0 Å². The number of hydrogen-bond donors (Lipinski definition) is 0. The van der Waals surface area contributed by atoms with Crippen LogP contribution in [0.3, 0.4) is 0 Å². The normalized spacial score (nSPS) is 14.2. The first kappa shape index (κ1) is 17.0. The highest BCUT2D eigenvalue weighted by Gasteiger charge is 2.30. The Hall–Kier alpha value is -2.88. The molecule has 128 valence electrons. The average Bonchev–Trinajstić information content (AvgIpc) is 2.86. The molecule has 0 aromatic heterocycles. The summed E-state index contributed by atoms with van der Waals surface area (Å²) in [5.41, 5.74) is 2.75. The van der Waals surface area contributed by atoms with Crippen molar-refractivity contribution in [2.45, 2.75) is 20.8 Å². The second kappa shape index (κ2) is 6.93. The fraction of sp³-hybridized carbons (Fsp3) is 0.190. The van der Waals surface area contributed by atoms with E-state index in [0.717, 1.165) is 5.56 Å². The molecule has 0 fully saturated rings. The van der Waals surface area contributed by atoms with Crippen LogP contribution in [-0.2, 0) is 0 Å². The topological polar surface area (TPSA) is 35.5 Å². The summed E-state index contributed by atoms with van der Waals surface area (Å²) in [6.45, 7) is 6.28. The summed E-state index contributed by atoms with van der Waals surface area (Å²) < 4.78 is 25.2. The number of allylic oxidation sites excluding steroid dienone is 2. The lowest BCUT2D eigenvalue weighted by molar-refractivity contribution is 0.101. The predicted molar refractivity (Wildman–Crippen MR) is 95.4 cm³/mol. The van der Waals surface area contributed by atoms with Gasteiger partial charge in [-0.3, -0.25) is 4.79 Å². The van der Waals surface area contributed by atoms with E-state index in [-0.39, 0.29) is 11.5 Å². The van der Waals surface area contributed by atoms with Gasteiger partial charge in [-0.2, -0.15) is 0 Å². The van der Waals surface area contributed by atoms with Gasteiger partial charge in [-0.15, -0.1) is 0 Å². The molecule has 0 amide bonds. The number of carbonyl (C=O) groups is 1. The van der Waals surface area contributed by atoms with Crippen LogP contribution in [0.2, 0.25) is 0 Å². The number of ether oxygens (including phenoxy) is 2. The van der Waals surface area contributed by atoms with Crippen molar-refractivity contribution in [3.8, 4) is 11.5 Å². The third kappa shape index (κ3) is 3.63. The van der Waals surface area contributed by atoms with Crippen molar-refractivity contribution < 1.29 is 18.7 Å². The number of benzene rings is 2. The van der Waals surface area contributed by atoms with Crippen molar-refractivity contribution in [2.24, 2.45) is 0 Å². The molecule has 0 bridgehead atoms. The SMILES string of the molecule is CC(C)=CCOc1cc(C)c2c(c1)O/C(=C\c1ccccc1F)C2=O. The van der Waals surface area contributed by atoms with Crippen molar-refractivity contribution in [1.82, 2.24) is 0 Å². The second-order valence-electron chi connectivity index (χ2n) is 6.17. The van der Waals surface area contributed by atoms with Gasteiger partial charge < -0.3 is 9.47 Å². The van der Waals surface area contributed by atoms with Gasteiger partial charge in [-0.25, -0.2) is 4.39 Å². The van der Waals surface area contributed by atoms with Gasteiger partial charge in [0.2, 0.25) is 5.78 Å². The number of rotatable bonds is 4. The van der Waals surface area contributed by atoms with Gasteiger partial charge in [-0.1, -0.05) is 23.8 Å². The summed E-state index contributed by atoms with van der Waals surface area (Å²) in [5, 5.41) is 0. The molecular formula is C21H19FO3. The highest BCUT2D eigenvalue weighted by Crippen LogP contribution is 2.37. The maximum atomic E-state index is 13.8. The minimum atomic E-state index is -0.398. The molecule has 0 unspecified atom stereocenters. The van der Waals surface area contributed by atoms with Crippen molar-refractivity contribution in [3.63, 3.8) is 0 Å². The Morgan fingerprint density at radius 2 is 2.00 bits per heavy atom. The zero-order valence-corrected chi connectivity index (χ0v) is 14.4. The van der Waals surface area contributed by atoms with E-state index in [1.165, 1.54) is 17.7 Å². The smallest absolute Gasteiger partial charge is 0.232 e. The molecule has 0 radical (unpaired) electrons. The highest BCUT2D eigenvalue weighted by atomic mass is 19.1. The molecule has 25 heavy (non-hydrogen) atoms. The number of ketones is 1. The van der Waals surface area contributed by atoms with E-state index in [4.69, 9.17) is 9.47 Å². The maximum absolute atomic E-state index is 13.8. The Morgan fingerprint density at radius 1 is 1.24 bits per heavy atom. The Bertz CT molecular complexity index is 890. The molecule has 4 heteroatoms. The monoisotopic (exact) mass is 338 g/mol. The van der Waals surface area contributed by atoms with Crippen molar-refractivity contribution in [1.29, 1.82) is 0 Å². The lowest BCUT2D eigenvalue weighted by atomic mass is 10.0. The first-order chi connectivity index (χ1) is 12.0. The summed E-state index contributed by atoms with van der Waals surface area (Å²) in [4.78, 5) is 12.6. The first-order valence-electron chi connectivity index (χ1n) is 8.05. The number of halogens is 1. The molecule has 1 aliphatic rings. The molecule has 0 saturated heterocycles. The van der Waals surface area contributed by atoms with E-state index in [1.807, 2.05) is 32.9 Å². The molecular weight excluding hydrogens is 319 g/mol. The highest BCUT2D eigenvalue weighted by molar-refractivity contribution is 6.15. The fourth-order valence-corrected chi connectivity index (χ4v) is 2.60. The molecule has 1 aliphatic heterocycles. The molecule has 0 atom stereocenters. The van der Waals surface area contributed by atoms with Gasteiger partial charge in [0.25, 0.3) is 0 Å². The molecule has 2 aromatic rings. The molecule has 0 aliphatic carbocycles. The van der Waals surface area contributed by atoms with E-state index in [2.05, 4.69) is 0 Å². The molecule has 2 aromatic carbocycles. The lowest BCUT2D eigenvalue weighted by Crippen LogP contribution is -2.00. The van der Waals surface area contributed by atoms with Crippen LogP contribution >= 0.6 is 0 Å². The van der Waals surface area contributed by atoms with Crippen LogP contribution in [0.15, 0.2) is 53.8 Å². The molecule has 0 spiro atoms. The third-order valence-electron chi connectivity index (χ3n) is 3.88. The average molecular weight is 338 g/mol. The van der Waals surface area contributed by atoms with E-state index in [0.29, 0.717) is 29.2 Å². The van der Waals surface area contributed by atoms with Gasteiger partial charge in [0.05, 0.1) is 5.56 Å². The van der Waals surface area contributed by atoms with Gasteiger partial charge in [0, 0.05) is 11.6 Å². The zero-order valence-electron chi connectivity index (χ0n) is 14.4. The van der Waals surface area contributed by atoms with Crippen LogP contribution in [0.1, 0.15) is 35.3 Å². The predicted octanol–water partition coefficient (Wildman–Crippen LogP) is 5.10. The van der Waals surface area contributed by atoms with Crippen LogP contribution in [-0.4, -0.2) is 12.4 Å². The minimum Gasteiger partial charge on any atom is -0.489 e. The van der Waals surface area contributed by atoms with Crippen LogP contribution in [0.4, 0.5) is 4.39 Å². The Balaban J connectivity index is 1.89. The molecule has 3 rings (SSSR count). The Morgan fingerprint density at radius 3 is 2.72 bits per heavy atom. The van der Waals surface area contributed by atoms with Gasteiger partial charge in [0.1, 0.15) is 23.9 Å². The number of hydrogen-bond acceptors (Lipinski definition) is 3. The Kier molecular flexibility index (Phi) is 4.70. The van der Waals surface area contributed by atoms with E-state index < -0.39 is 5.82 Å². The number of fused-ring (bicyclic) bond motifs is 1. The minimum absolute atomic E-state index is 0.115. The zero-order chi connectivity index (χ0) is 18.0. The summed E-state index contributed by atoms with van der Waals surface area (Å²) in [6.07, 6.45) is 3.40. The van der Waals surface area contributed by atoms with Crippen molar-refractivity contribution in [3.05, 3.63) is 76.3 Å². The van der Waals surface area contributed by atoms with Gasteiger partial charge in [-0.05, 0) is 50.6 Å². The molecule has 1 heterocycles. The van der Waals surface area contributed by atoms with E-state index in [1.54, 1.807) is 24.3 Å². The van der Waals surface area contributed by atoms with Crippen LogP contribution in [0, 0.1) is 12.7 Å².